The lowest BCUT2D eigenvalue weighted by atomic mass is 9.88. The van der Waals surface area contributed by atoms with Gasteiger partial charge in [-0.3, -0.25) is 44.4 Å². The molecule has 18 heteroatoms. The maximum Gasteiger partial charge on any atom is 0.329 e. The smallest absolute Gasteiger partial charge is 0.329 e. The van der Waals surface area contributed by atoms with Crippen molar-refractivity contribution in [2.45, 2.75) is 115 Å². The van der Waals surface area contributed by atoms with Crippen molar-refractivity contribution in [3.8, 4) is 0 Å². The number of hydrogen-bond donors (Lipinski definition) is 6. The van der Waals surface area contributed by atoms with Gasteiger partial charge in [-0.2, -0.15) is 0 Å². The number of anilines is 2. The number of halogens is 2. The Morgan fingerprint density at radius 3 is 2.42 bits per heavy atom. The number of benzene rings is 2. The molecule has 7 N–H and O–H groups in total. The summed E-state index contributed by atoms with van der Waals surface area (Å²) >= 11 is 0. The van der Waals surface area contributed by atoms with Crippen LogP contribution in [0.25, 0.3) is 11.0 Å². The molecule has 2 unspecified atom stereocenters. The maximum absolute atomic E-state index is 14.6. The predicted molar refractivity (Wildman–Crippen MR) is 251 cm³/mol. The van der Waals surface area contributed by atoms with Crippen molar-refractivity contribution < 1.29 is 33.4 Å². The number of amides is 4. The molecule has 4 aliphatic rings. The number of imidazole rings is 1. The summed E-state index contributed by atoms with van der Waals surface area (Å²) in [4.78, 5) is 68.9. The van der Waals surface area contributed by atoms with Gasteiger partial charge in [0.2, 0.25) is 23.6 Å². The number of aromatic nitrogens is 2. The third-order valence-corrected chi connectivity index (χ3v) is 13.8. The molecule has 4 aliphatic heterocycles. The number of carbonyl (C=O) groups excluding carboxylic acids is 4. The molecule has 0 bridgehead atoms. The monoisotopic (exact) mass is 915 g/mol. The lowest BCUT2D eigenvalue weighted by molar-refractivity contribution is -0.136. The second-order valence-corrected chi connectivity index (χ2v) is 18.1. The Hall–Kier alpha value is -5.91. The van der Waals surface area contributed by atoms with E-state index in [4.69, 9.17) is 5.41 Å². The van der Waals surface area contributed by atoms with Gasteiger partial charge in [0.1, 0.15) is 18.1 Å². The van der Waals surface area contributed by atoms with Gasteiger partial charge in [-0.05, 0) is 81.3 Å². The number of likely N-dealkylation sites (tertiary alicyclic amines) is 1. The molecule has 0 saturated carbocycles. The van der Waals surface area contributed by atoms with Crippen molar-refractivity contribution in [2.75, 3.05) is 63.1 Å². The number of fused-ring (bicyclic) bond motifs is 2. The molecule has 2 saturated heterocycles. The highest BCUT2D eigenvalue weighted by molar-refractivity contribution is 6.09. The van der Waals surface area contributed by atoms with Crippen LogP contribution in [0.15, 0.2) is 46.4 Å². The van der Waals surface area contributed by atoms with Crippen molar-refractivity contribution >= 4 is 58.1 Å². The molecule has 5 heterocycles. The van der Waals surface area contributed by atoms with Crippen LogP contribution in [-0.2, 0) is 32.6 Å². The quantitative estimate of drug-likeness (QED) is 0.0477. The van der Waals surface area contributed by atoms with E-state index >= 15 is 0 Å². The predicted octanol–water partition coefficient (Wildman–Crippen LogP) is 3.66. The first kappa shape index (κ1) is 48.0. The molecule has 0 spiro atoms. The van der Waals surface area contributed by atoms with Crippen LogP contribution in [0.4, 0.5) is 20.2 Å². The molecule has 16 nitrogen and oxygen atoms in total. The van der Waals surface area contributed by atoms with Gasteiger partial charge in [0.15, 0.2) is 0 Å². The molecule has 2 fully saturated rings. The van der Waals surface area contributed by atoms with Gasteiger partial charge in [-0.1, -0.05) is 31.4 Å². The molecular formula is C48H66F2N11O5+. The van der Waals surface area contributed by atoms with Crippen LogP contribution in [0.3, 0.4) is 0 Å². The Labute approximate surface area is 384 Å². The van der Waals surface area contributed by atoms with Gasteiger partial charge < -0.3 is 30.7 Å². The third kappa shape index (κ3) is 10.5. The van der Waals surface area contributed by atoms with E-state index in [9.17, 15) is 38.2 Å². The van der Waals surface area contributed by atoms with Gasteiger partial charge in [0.05, 0.1) is 29.2 Å². The number of amidine groups is 1. The van der Waals surface area contributed by atoms with Crippen molar-refractivity contribution in [3.63, 3.8) is 0 Å². The molecule has 1 aromatic heterocycles. The molecule has 3 aromatic rings. The van der Waals surface area contributed by atoms with E-state index in [1.54, 1.807) is 23.6 Å². The summed E-state index contributed by atoms with van der Waals surface area (Å²) in [6.07, 6.45) is 7.83. The normalized spacial score (nSPS) is 18.7. The number of rotatable bonds is 18. The maximum atomic E-state index is 14.6. The van der Waals surface area contributed by atoms with Crippen molar-refractivity contribution in [1.82, 2.24) is 34.9 Å². The van der Waals surface area contributed by atoms with E-state index in [1.165, 1.54) is 23.8 Å². The molecule has 7 rings (SSSR count). The first-order valence-electron chi connectivity index (χ1n) is 23.6. The SMILES string of the molecule is CNCC(C=[NH2+])c1cc2c(cc1C(F)F)N(C(=N)C1=C(NC3CCN(C(=O)CCCCCCCNc4cccc5c4n(C)c(=O)n5C4CCC(=O)NC4=O)CC3)CCN(C(C)=O)C1)CCC2. The minimum absolute atomic E-state index is 0.0815. The standard InChI is InChI=1S/C48H65F2N11O5/c1-30(62)59-24-19-37(36(29-59)46(52)60-21-10-11-31-25-34(32(27-51)28-53-2)35(45(49)50)26-41(31)60)55-33-17-22-58(23-18-33)43(64)14-7-5-4-6-8-20-54-38-12-9-13-39-44(38)57(3)48(66)61(39)40-15-16-42(63)56-47(40)65/h9,12-13,25-27,32-33,40,45,51-55H,4-8,10-11,14-24,28-29H2,1-3H3,(H,56,63,65)/p+1. The summed E-state index contributed by atoms with van der Waals surface area (Å²) in [6, 6.07) is 8.32. The number of likely N-dealkylation sites (N-methyl/N-ethyl adjacent to an activating group) is 1. The molecule has 0 radical (unpaired) electrons. The van der Waals surface area contributed by atoms with Gasteiger partial charge in [0, 0.05) is 101 Å². The first-order valence-corrected chi connectivity index (χ1v) is 23.6. The number of piperidine rings is 2. The van der Waals surface area contributed by atoms with Crippen molar-refractivity contribution in [2.24, 2.45) is 7.05 Å². The largest absolute Gasteiger partial charge is 0.385 e. The summed E-state index contributed by atoms with van der Waals surface area (Å²) in [5, 5.41) is 28.0. The number of carbonyl (C=O) groups is 4. The summed E-state index contributed by atoms with van der Waals surface area (Å²) < 4.78 is 32.2. The lowest BCUT2D eigenvalue weighted by Crippen LogP contribution is -2.48. The average Bonchev–Trinajstić information content (AvgIpc) is 3.56. The van der Waals surface area contributed by atoms with E-state index in [0.717, 1.165) is 68.3 Å². The average molecular weight is 915 g/mol. The highest BCUT2D eigenvalue weighted by Gasteiger charge is 2.34. The van der Waals surface area contributed by atoms with Crippen LogP contribution in [0.5, 0.6) is 0 Å². The van der Waals surface area contributed by atoms with Crippen LogP contribution in [0, 0.1) is 5.41 Å². The second kappa shape index (κ2) is 21.6. The number of alkyl halides is 2. The molecule has 0 aliphatic carbocycles. The topological polar surface area (TPSA) is 202 Å². The number of hydrogen-bond acceptors (Lipinski definition) is 9. The van der Waals surface area contributed by atoms with Crippen LogP contribution < -0.4 is 37.3 Å². The Balaban J connectivity index is 0.882. The van der Waals surface area contributed by atoms with Crippen LogP contribution in [0.1, 0.15) is 119 Å². The first-order chi connectivity index (χ1) is 31.8. The van der Waals surface area contributed by atoms with Gasteiger partial charge in [-0.15, -0.1) is 0 Å². The number of para-hydroxylation sites is 1. The molecule has 2 atom stereocenters. The number of aryl methyl sites for hydroxylation is 2. The number of nitrogens with zero attached hydrogens (tertiary/aromatic N) is 5. The van der Waals surface area contributed by atoms with Gasteiger partial charge in [0.25, 0.3) is 6.43 Å². The molecule has 356 valence electrons. The Morgan fingerprint density at radius 2 is 1.71 bits per heavy atom. The number of imide groups is 1. The lowest BCUT2D eigenvalue weighted by Gasteiger charge is -2.39. The fourth-order valence-electron chi connectivity index (χ4n) is 10.1. The Kier molecular flexibility index (Phi) is 15.7. The van der Waals surface area contributed by atoms with E-state index in [1.807, 2.05) is 34.1 Å². The van der Waals surface area contributed by atoms with Crippen molar-refractivity contribution in [3.05, 3.63) is 68.8 Å². The molecule has 2 aromatic carbocycles. The van der Waals surface area contributed by atoms with E-state index < -0.39 is 18.4 Å². The second-order valence-electron chi connectivity index (χ2n) is 18.1. The third-order valence-electron chi connectivity index (χ3n) is 13.8. The number of unbranched alkanes of at least 4 members (excludes halogenated alkanes) is 4. The minimum Gasteiger partial charge on any atom is -0.385 e. The number of nitrogens with one attached hydrogen (secondary N) is 5. The summed E-state index contributed by atoms with van der Waals surface area (Å²) in [5.41, 5.74) is 5.36. The van der Waals surface area contributed by atoms with Crippen molar-refractivity contribution in [1.29, 1.82) is 5.41 Å². The summed E-state index contributed by atoms with van der Waals surface area (Å²) in [5.74, 6) is -0.885. The summed E-state index contributed by atoms with van der Waals surface area (Å²) in [6.45, 7) is 5.18. The zero-order chi connectivity index (χ0) is 47.1. The van der Waals surface area contributed by atoms with Crippen LogP contribution in [-0.4, -0.2) is 114 Å². The zero-order valence-corrected chi connectivity index (χ0v) is 38.5. The van der Waals surface area contributed by atoms with E-state index in [2.05, 4.69) is 21.3 Å². The zero-order valence-electron chi connectivity index (χ0n) is 38.5. The van der Waals surface area contributed by atoms with Gasteiger partial charge in [-0.25, -0.2) is 13.6 Å². The van der Waals surface area contributed by atoms with Crippen LogP contribution in [0.2, 0.25) is 0 Å². The highest BCUT2D eigenvalue weighted by Crippen LogP contribution is 2.38. The minimum atomic E-state index is -2.72. The molecule has 4 amide bonds. The Bertz CT molecular complexity index is 2420. The summed E-state index contributed by atoms with van der Waals surface area (Å²) in [7, 11) is 3.45. The highest BCUT2D eigenvalue weighted by atomic mass is 19.3. The van der Waals surface area contributed by atoms with E-state index in [0.29, 0.717) is 86.4 Å². The molecule has 66 heavy (non-hydrogen) atoms. The fourth-order valence-corrected chi connectivity index (χ4v) is 10.1. The van der Waals surface area contributed by atoms with Crippen LogP contribution >= 0.6 is 0 Å². The van der Waals surface area contributed by atoms with Gasteiger partial charge >= 0.3 is 5.69 Å². The molecular weight excluding hydrogens is 849 g/mol. The van der Waals surface area contributed by atoms with E-state index in [-0.39, 0.29) is 66.2 Å². The fraction of sp³-hybridized carbons (Fsp3) is 0.562. The number of nitrogens with two attached hydrogens (primary N) is 1. The Morgan fingerprint density at radius 1 is 0.955 bits per heavy atom.